The Morgan fingerprint density at radius 3 is 2.94 bits per heavy atom. The lowest BCUT2D eigenvalue weighted by Crippen LogP contribution is -2.50. The van der Waals surface area contributed by atoms with E-state index in [4.69, 9.17) is 4.74 Å². The number of hydrogen-bond donors (Lipinski definition) is 2. The molecule has 0 spiro atoms. The molecule has 2 aliphatic heterocycles. The number of ether oxygens (including phenoxy) is 1. The lowest BCUT2D eigenvalue weighted by atomic mass is 9.95. The summed E-state index contributed by atoms with van der Waals surface area (Å²) in [6.45, 7) is 2.18. The van der Waals surface area contributed by atoms with Gasteiger partial charge in [-0.2, -0.15) is 0 Å². The zero-order chi connectivity index (χ0) is 12.4. The van der Waals surface area contributed by atoms with E-state index < -0.39 is 0 Å². The van der Waals surface area contributed by atoms with Crippen molar-refractivity contribution in [2.75, 3.05) is 13.2 Å². The number of fused-ring (bicyclic) bond motifs is 1. The molecule has 0 bridgehead atoms. The first-order valence-corrected chi connectivity index (χ1v) is 6.51. The number of amides is 1. The minimum Gasteiger partial charge on any atom is -0.379 e. The molecule has 96 valence electrons. The molecule has 2 heterocycles. The maximum absolute atomic E-state index is 12.1. The minimum atomic E-state index is -0.111. The molecule has 0 aliphatic carbocycles. The SMILES string of the molecule is O=C(NC1CCOC1)C1Cc2ccccc2CN1. The van der Waals surface area contributed by atoms with Crippen LogP contribution in [0.15, 0.2) is 24.3 Å². The predicted octanol–water partition coefficient (Wildman–Crippen LogP) is 0.606. The van der Waals surface area contributed by atoms with Crippen molar-refractivity contribution in [2.45, 2.75) is 31.5 Å². The summed E-state index contributed by atoms with van der Waals surface area (Å²) in [6.07, 6.45) is 1.70. The molecule has 0 saturated carbocycles. The summed E-state index contributed by atoms with van der Waals surface area (Å²) >= 11 is 0. The van der Waals surface area contributed by atoms with E-state index in [1.165, 1.54) is 11.1 Å². The highest BCUT2D eigenvalue weighted by Crippen LogP contribution is 2.16. The van der Waals surface area contributed by atoms with Crippen LogP contribution in [-0.4, -0.2) is 31.2 Å². The van der Waals surface area contributed by atoms with E-state index in [9.17, 15) is 4.79 Å². The van der Waals surface area contributed by atoms with Crippen molar-refractivity contribution in [2.24, 2.45) is 0 Å². The standard InChI is InChI=1S/C14H18N2O2/c17-14(16-12-5-6-18-9-12)13-7-10-3-1-2-4-11(10)8-15-13/h1-4,12-13,15H,5-9H2,(H,16,17). The highest BCUT2D eigenvalue weighted by molar-refractivity contribution is 5.82. The van der Waals surface area contributed by atoms with E-state index >= 15 is 0 Å². The molecule has 2 aliphatic rings. The number of carbonyl (C=O) groups excluding carboxylic acids is 1. The topological polar surface area (TPSA) is 50.4 Å². The summed E-state index contributed by atoms with van der Waals surface area (Å²) in [5, 5.41) is 6.35. The molecule has 2 unspecified atom stereocenters. The van der Waals surface area contributed by atoms with Crippen molar-refractivity contribution in [3.63, 3.8) is 0 Å². The summed E-state index contributed by atoms with van der Waals surface area (Å²) in [5.41, 5.74) is 2.57. The van der Waals surface area contributed by atoms with Crippen LogP contribution in [0.1, 0.15) is 17.5 Å². The van der Waals surface area contributed by atoms with Gasteiger partial charge in [-0.05, 0) is 24.0 Å². The van der Waals surface area contributed by atoms with Crippen molar-refractivity contribution < 1.29 is 9.53 Å². The predicted molar refractivity (Wildman–Crippen MR) is 68.1 cm³/mol. The lowest BCUT2D eigenvalue weighted by Gasteiger charge is -2.26. The van der Waals surface area contributed by atoms with Gasteiger partial charge in [0.1, 0.15) is 0 Å². The molecule has 1 saturated heterocycles. The Kier molecular flexibility index (Phi) is 3.30. The summed E-state index contributed by atoms with van der Waals surface area (Å²) in [4.78, 5) is 12.1. The minimum absolute atomic E-state index is 0.0972. The smallest absolute Gasteiger partial charge is 0.237 e. The van der Waals surface area contributed by atoms with Gasteiger partial charge in [0.05, 0.1) is 18.7 Å². The van der Waals surface area contributed by atoms with Gasteiger partial charge in [-0.15, -0.1) is 0 Å². The first kappa shape index (κ1) is 11.7. The second kappa shape index (κ2) is 5.08. The molecule has 1 fully saturated rings. The Bertz CT molecular complexity index is 441. The third kappa shape index (κ3) is 2.40. The number of benzene rings is 1. The van der Waals surface area contributed by atoms with Gasteiger partial charge in [-0.25, -0.2) is 0 Å². The molecular formula is C14H18N2O2. The normalized spacial score (nSPS) is 26.7. The number of carbonyl (C=O) groups is 1. The highest BCUT2D eigenvalue weighted by atomic mass is 16.5. The summed E-state index contributed by atoms with van der Waals surface area (Å²) in [7, 11) is 0. The molecule has 18 heavy (non-hydrogen) atoms. The Labute approximate surface area is 107 Å². The average Bonchev–Trinajstić information content (AvgIpc) is 2.91. The van der Waals surface area contributed by atoms with E-state index in [-0.39, 0.29) is 18.0 Å². The Balaban J connectivity index is 1.62. The molecule has 1 amide bonds. The highest BCUT2D eigenvalue weighted by Gasteiger charge is 2.26. The molecular weight excluding hydrogens is 228 g/mol. The first-order valence-electron chi connectivity index (χ1n) is 6.51. The van der Waals surface area contributed by atoms with Gasteiger partial charge in [0, 0.05) is 13.2 Å². The van der Waals surface area contributed by atoms with Gasteiger partial charge in [-0.1, -0.05) is 24.3 Å². The summed E-state index contributed by atoms with van der Waals surface area (Å²) in [6, 6.07) is 8.37. The van der Waals surface area contributed by atoms with Crippen LogP contribution in [0.4, 0.5) is 0 Å². The monoisotopic (exact) mass is 246 g/mol. The molecule has 3 rings (SSSR count). The maximum Gasteiger partial charge on any atom is 0.237 e. The second-order valence-corrected chi connectivity index (χ2v) is 4.98. The number of hydrogen-bond acceptors (Lipinski definition) is 3. The van der Waals surface area contributed by atoms with E-state index in [1.807, 2.05) is 12.1 Å². The molecule has 0 radical (unpaired) electrons. The van der Waals surface area contributed by atoms with Crippen molar-refractivity contribution in [1.29, 1.82) is 0 Å². The van der Waals surface area contributed by atoms with Crippen molar-refractivity contribution in [1.82, 2.24) is 10.6 Å². The summed E-state index contributed by atoms with van der Waals surface area (Å²) < 4.78 is 5.27. The van der Waals surface area contributed by atoms with Crippen LogP contribution in [0, 0.1) is 0 Å². The number of rotatable bonds is 2. The van der Waals surface area contributed by atoms with Gasteiger partial charge in [-0.3, -0.25) is 4.79 Å². The lowest BCUT2D eigenvalue weighted by molar-refractivity contribution is -0.124. The maximum atomic E-state index is 12.1. The molecule has 4 nitrogen and oxygen atoms in total. The van der Waals surface area contributed by atoms with E-state index in [0.29, 0.717) is 6.61 Å². The fourth-order valence-corrected chi connectivity index (χ4v) is 2.59. The van der Waals surface area contributed by atoms with Gasteiger partial charge in [0.25, 0.3) is 0 Å². The van der Waals surface area contributed by atoms with Crippen LogP contribution in [0.2, 0.25) is 0 Å². The van der Waals surface area contributed by atoms with Crippen LogP contribution in [0.25, 0.3) is 0 Å². The molecule has 2 atom stereocenters. The van der Waals surface area contributed by atoms with Gasteiger partial charge in [0.2, 0.25) is 5.91 Å². The van der Waals surface area contributed by atoms with Gasteiger partial charge >= 0.3 is 0 Å². The Morgan fingerprint density at radius 2 is 2.17 bits per heavy atom. The van der Waals surface area contributed by atoms with E-state index in [1.54, 1.807) is 0 Å². The summed E-state index contributed by atoms with van der Waals surface area (Å²) in [5.74, 6) is 0.0972. The zero-order valence-electron chi connectivity index (χ0n) is 10.3. The van der Waals surface area contributed by atoms with E-state index in [2.05, 4.69) is 22.8 Å². The largest absolute Gasteiger partial charge is 0.379 e. The molecule has 4 heteroatoms. The Hall–Kier alpha value is -1.39. The van der Waals surface area contributed by atoms with Crippen LogP contribution in [0.3, 0.4) is 0 Å². The molecule has 1 aromatic carbocycles. The van der Waals surface area contributed by atoms with Crippen LogP contribution in [0.5, 0.6) is 0 Å². The average molecular weight is 246 g/mol. The van der Waals surface area contributed by atoms with Crippen LogP contribution < -0.4 is 10.6 Å². The van der Waals surface area contributed by atoms with Gasteiger partial charge in [0.15, 0.2) is 0 Å². The fraction of sp³-hybridized carbons (Fsp3) is 0.500. The molecule has 0 aromatic heterocycles. The molecule has 1 aromatic rings. The molecule has 2 N–H and O–H groups in total. The van der Waals surface area contributed by atoms with Crippen molar-refractivity contribution >= 4 is 5.91 Å². The Morgan fingerprint density at radius 1 is 1.33 bits per heavy atom. The first-order chi connectivity index (χ1) is 8.83. The second-order valence-electron chi connectivity index (χ2n) is 4.98. The number of nitrogens with one attached hydrogen (secondary N) is 2. The van der Waals surface area contributed by atoms with Crippen molar-refractivity contribution in [3.8, 4) is 0 Å². The quantitative estimate of drug-likeness (QED) is 0.803. The van der Waals surface area contributed by atoms with Gasteiger partial charge < -0.3 is 15.4 Å². The van der Waals surface area contributed by atoms with E-state index in [0.717, 1.165) is 26.0 Å². The zero-order valence-corrected chi connectivity index (χ0v) is 10.3. The van der Waals surface area contributed by atoms with Crippen LogP contribution in [-0.2, 0) is 22.5 Å². The third-order valence-electron chi connectivity index (χ3n) is 3.67. The van der Waals surface area contributed by atoms with Crippen molar-refractivity contribution in [3.05, 3.63) is 35.4 Å². The third-order valence-corrected chi connectivity index (χ3v) is 3.67. The fourth-order valence-electron chi connectivity index (χ4n) is 2.59. The van der Waals surface area contributed by atoms with Crippen LogP contribution >= 0.6 is 0 Å².